The molecule has 1 N–H and O–H groups in total. The standard InChI is InChI=1S/C14H20N2O4S/c17-14(16-7-9-20-10-8-16)15-6-11-21(18,19)12-13-4-2-1-3-5-13/h1-5H,6-12H2,(H,15,17). The predicted molar refractivity (Wildman–Crippen MR) is 79.7 cm³/mol. The zero-order valence-electron chi connectivity index (χ0n) is 11.8. The maximum absolute atomic E-state index is 12.0. The smallest absolute Gasteiger partial charge is 0.317 e. The Bertz CT molecular complexity index is 554. The first-order chi connectivity index (χ1) is 10.1. The first-order valence-electron chi connectivity index (χ1n) is 6.92. The van der Waals surface area contributed by atoms with E-state index in [4.69, 9.17) is 4.74 Å². The molecule has 0 aliphatic carbocycles. The van der Waals surface area contributed by atoms with Crippen LogP contribution in [0.1, 0.15) is 5.56 Å². The predicted octanol–water partition coefficient (Wildman–Crippen LogP) is 0.643. The number of benzene rings is 1. The molecule has 2 rings (SSSR count). The molecule has 1 fully saturated rings. The van der Waals surface area contributed by atoms with E-state index in [0.29, 0.717) is 26.3 Å². The van der Waals surface area contributed by atoms with Crippen molar-refractivity contribution >= 4 is 15.9 Å². The van der Waals surface area contributed by atoms with Gasteiger partial charge < -0.3 is 15.0 Å². The third-order valence-electron chi connectivity index (χ3n) is 3.22. The second kappa shape index (κ2) is 7.42. The Morgan fingerprint density at radius 2 is 1.86 bits per heavy atom. The number of morpholine rings is 1. The SMILES string of the molecule is O=C(NCCS(=O)(=O)Cc1ccccc1)N1CCOCC1. The number of nitrogens with zero attached hydrogens (tertiary/aromatic N) is 1. The topological polar surface area (TPSA) is 75.7 Å². The Labute approximate surface area is 125 Å². The van der Waals surface area contributed by atoms with Gasteiger partial charge in [0.2, 0.25) is 0 Å². The van der Waals surface area contributed by atoms with Gasteiger partial charge in [-0.15, -0.1) is 0 Å². The summed E-state index contributed by atoms with van der Waals surface area (Å²) in [5.74, 6) is -0.0563. The van der Waals surface area contributed by atoms with Crippen molar-refractivity contribution in [2.75, 3.05) is 38.6 Å². The average molecular weight is 312 g/mol. The quantitative estimate of drug-likeness (QED) is 0.866. The highest BCUT2D eigenvalue weighted by atomic mass is 32.2. The Balaban J connectivity index is 1.75. The molecule has 0 radical (unpaired) electrons. The van der Waals surface area contributed by atoms with Crippen LogP contribution in [-0.2, 0) is 20.3 Å². The molecule has 21 heavy (non-hydrogen) atoms. The van der Waals surface area contributed by atoms with Gasteiger partial charge in [0.25, 0.3) is 0 Å². The highest BCUT2D eigenvalue weighted by Crippen LogP contribution is 2.05. The monoisotopic (exact) mass is 312 g/mol. The Morgan fingerprint density at radius 3 is 2.52 bits per heavy atom. The number of hydrogen-bond donors (Lipinski definition) is 1. The van der Waals surface area contributed by atoms with Gasteiger partial charge in [0, 0.05) is 19.6 Å². The zero-order valence-corrected chi connectivity index (χ0v) is 12.6. The molecule has 1 aromatic carbocycles. The highest BCUT2D eigenvalue weighted by molar-refractivity contribution is 7.90. The molecule has 1 saturated heterocycles. The van der Waals surface area contributed by atoms with E-state index in [1.54, 1.807) is 17.0 Å². The summed E-state index contributed by atoms with van der Waals surface area (Å²) in [7, 11) is -3.22. The van der Waals surface area contributed by atoms with Crippen LogP contribution in [0.5, 0.6) is 0 Å². The van der Waals surface area contributed by atoms with Crippen LogP contribution in [0, 0.1) is 0 Å². The van der Waals surface area contributed by atoms with Crippen molar-refractivity contribution in [2.45, 2.75) is 5.75 Å². The lowest BCUT2D eigenvalue weighted by molar-refractivity contribution is 0.0533. The van der Waals surface area contributed by atoms with Crippen molar-refractivity contribution < 1.29 is 17.9 Å². The minimum absolute atomic E-state index is 0.00125. The van der Waals surface area contributed by atoms with E-state index in [-0.39, 0.29) is 24.1 Å². The molecule has 116 valence electrons. The number of urea groups is 1. The normalized spacial score (nSPS) is 15.7. The summed E-state index contributed by atoms with van der Waals surface area (Å²) in [6.45, 7) is 2.27. The maximum atomic E-state index is 12.0. The molecule has 0 aromatic heterocycles. The summed E-state index contributed by atoms with van der Waals surface area (Å²) in [5.41, 5.74) is 0.761. The molecule has 0 unspecified atom stereocenters. The third-order valence-corrected chi connectivity index (χ3v) is 4.82. The number of hydrogen-bond acceptors (Lipinski definition) is 4. The number of sulfone groups is 1. The van der Waals surface area contributed by atoms with Crippen molar-refractivity contribution in [3.05, 3.63) is 35.9 Å². The summed E-state index contributed by atoms with van der Waals surface area (Å²) < 4.78 is 29.1. The first kappa shape index (κ1) is 15.8. The highest BCUT2D eigenvalue weighted by Gasteiger charge is 2.17. The lowest BCUT2D eigenvalue weighted by atomic mass is 10.2. The van der Waals surface area contributed by atoms with Gasteiger partial charge in [-0.2, -0.15) is 0 Å². The van der Waals surface area contributed by atoms with Gasteiger partial charge in [-0.05, 0) is 5.56 Å². The third kappa shape index (κ3) is 5.35. The summed E-state index contributed by atoms with van der Waals surface area (Å²) >= 11 is 0. The molecule has 2 amide bonds. The van der Waals surface area contributed by atoms with Crippen LogP contribution in [0.4, 0.5) is 4.79 Å². The van der Waals surface area contributed by atoms with E-state index >= 15 is 0 Å². The fraction of sp³-hybridized carbons (Fsp3) is 0.500. The van der Waals surface area contributed by atoms with E-state index in [0.717, 1.165) is 5.56 Å². The van der Waals surface area contributed by atoms with Gasteiger partial charge in [0.05, 0.1) is 24.7 Å². The van der Waals surface area contributed by atoms with Crippen molar-refractivity contribution in [1.82, 2.24) is 10.2 Å². The number of carbonyl (C=O) groups excluding carboxylic acids is 1. The molecule has 1 aromatic rings. The van der Waals surface area contributed by atoms with E-state index in [9.17, 15) is 13.2 Å². The Hall–Kier alpha value is -1.60. The molecular weight excluding hydrogens is 292 g/mol. The number of carbonyl (C=O) groups is 1. The summed E-state index contributed by atoms with van der Waals surface area (Å²) in [6, 6.07) is 8.80. The molecule has 0 atom stereocenters. The zero-order chi connectivity index (χ0) is 15.1. The second-order valence-electron chi connectivity index (χ2n) is 4.91. The van der Waals surface area contributed by atoms with Crippen LogP contribution >= 0.6 is 0 Å². The van der Waals surface area contributed by atoms with Crippen molar-refractivity contribution in [1.29, 1.82) is 0 Å². The van der Waals surface area contributed by atoms with Crippen LogP contribution < -0.4 is 5.32 Å². The second-order valence-corrected chi connectivity index (χ2v) is 7.09. The molecule has 1 aliphatic rings. The van der Waals surface area contributed by atoms with Crippen molar-refractivity contribution in [3.63, 3.8) is 0 Å². The van der Waals surface area contributed by atoms with E-state index in [1.807, 2.05) is 18.2 Å². The van der Waals surface area contributed by atoms with E-state index < -0.39 is 9.84 Å². The van der Waals surface area contributed by atoms with Crippen molar-refractivity contribution in [3.8, 4) is 0 Å². The van der Waals surface area contributed by atoms with Gasteiger partial charge in [0.1, 0.15) is 0 Å². The fourth-order valence-electron chi connectivity index (χ4n) is 2.09. The molecule has 1 aliphatic heterocycles. The molecule has 6 nitrogen and oxygen atoms in total. The summed E-state index contributed by atoms with van der Waals surface area (Å²) in [6.07, 6.45) is 0. The molecular formula is C14H20N2O4S. The van der Waals surface area contributed by atoms with Crippen molar-refractivity contribution in [2.24, 2.45) is 0 Å². The summed E-state index contributed by atoms with van der Waals surface area (Å²) in [5, 5.41) is 2.65. The molecule has 1 heterocycles. The van der Waals surface area contributed by atoms with Gasteiger partial charge in [-0.1, -0.05) is 30.3 Å². The average Bonchev–Trinajstić information content (AvgIpc) is 2.48. The minimum Gasteiger partial charge on any atom is -0.378 e. The van der Waals surface area contributed by atoms with Crippen LogP contribution in [0.2, 0.25) is 0 Å². The Kier molecular flexibility index (Phi) is 5.58. The first-order valence-corrected chi connectivity index (χ1v) is 8.74. The van der Waals surface area contributed by atoms with Gasteiger partial charge in [-0.3, -0.25) is 0 Å². The van der Waals surface area contributed by atoms with Crippen LogP contribution in [0.15, 0.2) is 30.3 Å². The summed E-state index contributed by atoms with van der Waals surface area (Å²) in [4.78, 5) is 13.4. The minimum atomic E-state index is -3.22. The van der Waals surface area contributed by atoms with Crippen LogP contribution in [-0.4, -0.2) is 57.9 Å². The maximum Gasteiger partial charge on any atom is 0.317 e. The number of rotatable bonds is 5. The fourth-order valence-corrected chi connectivity index (χ4v) is 3.35. The Morgan fingerprint density at radius 1 is 1.19 bits per heavy atom. The van der Waals surface area contributed by atoms with E-state index in [2.05, 4.69) is 5.32 Å². The van der Waals surface area contributed by atoms with Gasteiger partial charge >= 0.3 is 6.03 Å². The number of ether oxygens (including phenoxy) is 1. The molecule has 0 saturated carbocycles. The lowest BCUT2D eigenvalue weighted by Gasteiger charge is -2.26. The van der Waals surface area contributed by atoms with Crippen LogP contribution in [0.3, 0.4) is 0 Å². The van der Waals surface area contributed by atoms with Crippen LogP contribution in [0.25, 0.3) is 0 Å². The van der Waals surface area contributed by atoms with Gasteiger partial charge in [-0.25, -0.2) is 13.2 Å². The molecule has 7 heteroatoms. The molecule has 0 spiro atoms. The molecule has 0 bridgehead atoms. The van der Waals surface area contributed by atoms with Gasteiger partial charge in [0.15, 0.2) is 9.84 Å². The van der Waals surface area contributed by atoms with E-state index in [1.165, 1.54) is 0 Å². The number of amides is 2. The lowest BCUT2D eigenvalue weighted by Crippen LogP contribution is -2.47. The largest absolute Gasteiger partial charge is 0.378 e. The number of nitrogens with one attached hydrogen (secondary N) is 1.